The Hall–Kier alpha value is -6.94. The number of rotatable bonds is 4. The third-order valence-electron chi connectivity index (χ3n) is 8.48. The van der Waals surface area contributed by atoms with Crippen LogP contribution in [0.5, 0.6) is 11.5 Å². The highest BCUT2D eigenvalue weighted by Crippen LogP contribution is 2.43. The normalized spacial score (nSPS) is 12.0. The maximum Gasteiger partial charge on any atom is 0.255 e. The van der Waals surface area contributed by atoms with Gasteiger partial charge >= 0.3 is 0 Å². The zero-order valence-corrected chi connectivity index (χ0v) is 25.1. The molecule has 0 unspecified atom stereocenters. The van der Waals surface area contributed by atoms with Crippen molar-refractivity contribution in [2.24, 2.45) is 0 Å². The van der Waals surface area contributed by atoms with E-state index in [1.54, 1.807) is 60.7 Å². The van der Waals surface area contributed by atoms with E-state index in [0.717, 1.165) is 21.5 Å². The molecule has 10 nitrogen and oxygen atoms in total. The van der Waals surface area contributed by atoms with Gasteiger partial charge in [-0.3, -0.25) is 9.59 Å². The number of anilines is 6. The number of fused-ring (bicyclic) bond motifs is 8. The number of carbonyl (C=O) groups excluding carboxylic acids is 2. The molecule has 1 aliphatic heterocycles. The number of nitrogens with two attached hydrogens (primary N) is 2. The Morgan fingerprint density at radius 1 is 0.500 bits per heavy atom. The molecule has 8 aromatic rings. The number of furan rings is 2. The molecule has 0 spiro atoms. The predicted octanol–water partition coefficient (Wildman–Crippen LogP) is 9.00. The summed E-state index contributed by atoms with van der Waals surface area (Å²) in [5.41, 5.74) is 18.9. The van der Waals surface area contributed by atoms with Gasteiger partial charge in [-0.25, -0.2) is 0 Å². The second kappa shape index (κ2) is 10.3. The molecule has 0 aliphatic carbocycles. The molecule has 6 aromatic carbocycles. The van der Waals surface area contributed by atoms with Crippen LogP contribution in [0.3, 0.4) is 0 Å². The predicted molar refractivity (Wildman–Crippen MR) is 188 cm³/mol. The van der Waals surface area contributed by atoms with E-state index in [-0.39, 0.29) is 11.8 Å². The monoisotopic (exact) mass is 631 g/mol. The van der Waals surface area contributed by atoms with E-state index in [0.29, 0.717) is 79.1 Å². The minimum Gasteiger partial charge on any atom is -0.456 e. The molecular weight excluding hydrogens is 606 g/mol. The summed E-state index contributed by atoms with van der Waals surface area (Å²) in [4.78, 5) is 26.5. The topological polar surface area (TPSA) is 158 Å². The lowest BCUT2D eigenvalue weighted by Crippen LogP contribution is -2.14. The molecule has 232 valence electrons. The van der Waals surface area contributed by atoms with Crippen LogP contribution in [0.4, 0.5) is 34.1 Å². The highest BCUT2D eigenvalue weighted by molar-refractivity contribution is 6.11. The SMILES string of the molecule is Nc1ccc2c(c1)oc1cc(NC(=O)c3ccc4c(c3)Nc3cc(C(=O)Nc5ccc6c(c5)oc5cc(N)ccc56)ccc3O4)ccc12. The standard InChI is InChI=1S/C38H25N5O5/c39-21-3-7-25-27-9-5-23(17-35(27)47-33(25)15-21)41-37(44)19-1-11-31-29(13-19)43-30-14-20(2-12-32(30)46-31)38(45)42-24-6-10-28-26-8-4-22(40)16-34(26)48-36(28)18-24/h1-18,43H,39-40H2,(H,41,44)(H,42,45). The van der Waals surface area contributed by atoms with Crippen LogP contribution in [0.1, 0.15) is 20.7 Å². The summed E-state index contributed by atoms with van der Waals surface area (Å²) in [6.45, 7) is 0. The number of benzene rings is 6. The van der Waals surface area contributed by atoms with Gasteiger partial charge in [0.05, 0.1) is 11.4 Å². The number of hydrogen-bond donors (Lipinski definition) is 5. The minimum absolute atomic E-state index is 0.303. The van der Waals surface area contributed by atoms with Crippen molar-refractivity contribution < 1.29 is 23.2 Å². The van der Waals surface area contributed by atoms with E-state index in [4.69, 9.17) is 25.0 Å². The van der Waals surface area contributed by atoms with Gasteiger partial charge < -0.3 is 41.0 Å². The second-order valence-electron chi connectivity index (χ2n) is 11.7. The molecule has 3 heterocycles. The van der Waals surface area contributed by atoms with Crippen molar-refractivity contribution >= 4 is 89.8 Å². The van der Waals surface area contributed by atoms with Crippen LogP contribution in [0.15, 0.2) is 118 Å². The first-order valence-corrected chi connectivity index (χ1v) is 15.1. The van der Waals surface area contributed by atoms with Crippen LogP contribution in [0, 0.1) is 0 Å². The maximum absolute atomic E-state index is 13.3. The van der Waals surface area contributed by atoms with Gasteiger partial charge in [0.25, 0.3) is 11.8 Å². The first-order chi connectivity index (χ1) is 23.3. The number of nitrogen functional groups attached to an aromatic ring is 2. The zero-order valence-electron chi connectivity index (χ0n) is 25.1. The van der Waals surface area contributed by atoms with Crippen molar-refractivity contribution in [2.45, 2.75) is 0 Å². The largest absolute Gasteiger partial charge is 0.456 e. The fraction of sp³-hybridized carbons (Fsp3) is 0. The Bertz CT molecular complexity index is 2470. The van der Waals surface area contributed by atoms with Gasteiger partial charge in [0.2, 0.25) is 0 Å². The molecule has 10 heteroatoms. The Kier molecular flexibility index (Phi) is 5.87. The van der Waals surface area contributed by atoms with Gasteiger partial charge in [0.15, 0.2) is 11.5 Å². The number of nitrogens with one attached hydrogen (secondary N) is 3. The molecular formula is C38H25N5O5. The molecule has 2 aromatic heterocycles. The van der Waals surface area contributed by atoms with Gasteiger partial charge in [-0.1, -0.05) is 0 Å². The fourth-order valence-electron chi connectivity index (χ4n) is 6.13. The van der Waals surface area contributed by atoms with Gasteiger partial charge in [-0.15, -0.1) is 0 Å². The van der Waals surface area contributed by atoms with Gasteiger partial charge in [-0.2, -0.15) is 0 Å². The lowest BCUT2D eigenvalue weighted by molar-refractivity contribution is 0.101. The molecule has 0 radical (unpaired) electrons. The Labute approximate surface area is 271 Å². The van der Waals surface area contributed by atoms with Gasteiger partial charge in [-0.05, 0) is 84.9 Å². The molecule has 0 bridgehead atoms. The van der Waals surface area contributed by atoms with Crippen molar-refractivity contribution in [3.63, 3.8) is 0 Å². The van der Waals surface area contributed by atoms with Crippen LogP contribution in [0.25, 0.3) is 43.9 Å². The van der Waals surface area contributed by atoms with Crippen LogP contribution in [0.2, 0.25) is 0 Å². The van der Waals surface area contributed by atoms with E-state index in [9.17, 15) is 9.59 Å². The summed E-state index contributed by atoms with van der Waals surface area (Å²) in [5.74, 6) is 0.506. The Morgan fingerprint density at radius 2 is 0.917 bits per heavy atom. The number of ether oxygens (including phenoxy) is 1. The number of carbonyl (C=O) groups is 2. The molecule has 1 aliphatic rings. The van der Waals surface area contributed by atoms with Crippen LogP contribution < -0.4 is 32.2 Å². The molecule has 0 fully saturated rings. The summed E-state index contributed by atoms with van der Waals surface area (Å²) in [5, 5.41) is 13.0. The molecule has 0 saturated carbocycles. The lowest BCUT2D eigenvalue weighted by atomic mass is 10.1. The summed E-state index contributed by atoms with van der Waals surface area (Å²) < 4.78 is 18.0. The summed E-state index contributed by atoms with van der Waals surface area (Å²) in [6, 6.07) is 32.4. The molecule has 0 saturated heterocycles. The smallest absolute Gasteiger partial charge is 0.255 e. The van der Waals surface area contributed by atoms with E-state index >= 15 is 0 Å². The van der Waals surface area contributed by atoms with Crippen molar-refractivity contribution in [1.29, 1.82) is 0 Å². The quantitative estimate of drug-likeness (QED) is 0.120. The summed E-state index contributed by atoms with van der Waals surface area (Å²) >= 11 is 0. The van der Waals surface area contributed by atoms with Gasteiger partial charge in [0, 0.05) is 79.7 Å². The van der Waals surface area contributed by atoms with Crippen molar-refractivity contribution in [2.75, 3.05) is 27.4 Å². The Balaban J connectivity index is 0.925. The van der Waals surface area contributed by atoms with Crippen LogP contribution in [-0.2, 0) is 0 Å². The molecule has 9 rings (SSSR count). The van der Waals surface area contributed by atoms with Crippen LogP contribution >= 0.6 is 0 Å². The second-order valence-corrected chi connectivity index (χ2v) is 11.7. The molecule has 0 atom stereocenters. The third-order valence-corrected chi connectivity index (χ3v) is 8.48. The molecule has 7 N–H and O–H groups in total. The summed E-state index contributed by atoms with van der Waals surface area (Å²) in [7, 11) is 0. The highest BCUT2D eigenvalue weighted by atomic mass is 16.5. The van der Waals surface area contributed by atoms with E-state index < -0.39 is 0 Å². The average Bonchev–Trinajstić information content (AvgIpc) is 3.62. The average molecular weight is 632 g/mol. The first kappa shape index (κ1) is 27.4. The summed E-state index contributed by atoms with van der Waals surface area (Å²) in [6.07, 6.45) is 0. The van der Waals surface area contributed by atoms with Crippen molar-refractivity contribution in [3.8, 4) is 11.5 Å². The number of hydrogen-bond acceptors (Lipinski definition) is 8. The van der Waals surface area contributed by atoms with Crippen molar-refractivity contribution in [1.82, 2.24) is 0 Å². The highest BCUT2D eigenvalue weighted by Gasteiger charge is 2.21. The van der Waals surface area contributed by atoms with E-state index in [1.165, 1.54) is 0 Å². The van der Waals surface area contributed by atoms with Crippen molar-refractivity contribution in [3.05, 3.63) is 120 Å². The number of amides is 2. The first-order valence-electron chi connectivity index (χ1n) is 15.1. The van der Waals surface area contributed by atoms with Gasteiger partial charge in [0.1, 0.15) is 22.3 Å². The minimum atomic E-state index is -0.303. The maximum atomic E-state index is 13.3. The Morgan fingerprint density at radius 3 is 1.38 bits per heavy atom. The van der Waals surface area contributed by atoms with E-state index in [2.05, 4.69) is 16.0 Å². The van der Waals surface area contributed by atoms with E-state index in [1.807, 2.05) is 48.5 Å². The van der Waals surface area contributed by atoms with Crippen LogP contribution in [-0.4, -0.2) is 11.8 Å². The fourth-order valence-corrected chi connectivity index (χ4v) is 6.13. The third kappa shape index (κ3) is 4.59. The molecule has 48 heavy (non-hydrogen) atoms. The molecule has 2 amide bonds. The zero-order chi connectivity index (χ0) is 32.5. The lowest BCUT2D eigenvalue weighted by Gasteiger charge is -2.23.